The molecule has 0 aliphatic carbocycles. The Morgan fingerprint density at radius 1 is 0.559 bits per heavy atom. The van der Waals surface area contributed by atoms with E-state index in [0.29, 0.717) is 0 Å². The van der Waals surface area contributed by atoms with Crippen molar-refractivity contribution in [3.8, 4) is 0 Å². The van der Waals surface area contributed by atoms with Crippen LogP contribution >= 0.6 is 0 Å². The van der Waals surface area contributed by atoms with Gasteiger partial charge in [-0.05, 0) is 81.6 Å². The number of rotatable bonds is 12. The van der Waals surface area contributed by atoms with Crippen LogP contribution in [-0.4, -0.2) is 116 Å². The van der Waals surface area contributed by atoms with Crippen molar-refractivity contribution in [1.82, 2.24) is 16.0 Å². The van der Waals surface area contributed by atoms with Crippen molar-refractivity contribution in [3.63, 3.8) is 0 Å². The molecular weight excluding hydrogens is 831 g/mol. The number of carboxylic acid groups (broad SMARTS) is 1. The summed E-state index contributed by atoms with van der Waals surface area (Å²) in [4.78, 5) is 56.4. The van der Waals surface area contributed by atoms with Crippen LogP contribution in [0.1, 0.15) is 104 Å². The summed E-state index contributed by atoms with van der Waals surface area (Å²) in [7, 11) is 1.03. The molecule has 0 aromatic rings. The molecule has 14 nitrogen and oxygen atoms in total. The number of hydrogen-bond donors (Lipinski definition) is 5. The molecule has 0 aromatic carbocycles. The molecule has 0 aromatic heterocycles. The first kappa shape index (κ1) is 65.3. The molecular formula is C34H59BF9N3NaO11. The molecule has 3 amide bonds. The van der Waals surface area contributed by atoms with E-state index in [1.165, 1.54) is 0 Å². The van der Waals surface area contributed by atoms with Crippen molar-refractivity contribution in [2.75, 3.05) is 13.7 Å². The second-order valence-electron chi connectivity index (χ2n) is 15.8. The average molecular weight is 891 g/mol. The van der Waals surface area contributed by atoms with E-state index in [9.17, 15) is 63.5 Å². The van der Waals surface area contributed by atoms with Crippen LogP contribution in [0.4, 0.5) is 53.9 Å². The molecule has 59 heavy (non-hydrogen) atoms. The van der Waals surface area contributed by atoms with Gasteiger partial charge >= 0.3 is 78.3 Å². The van der Waals surface area contributed by atoms with Crippen molar-refractivity contribution in [3.05, 3.63) is 0 Å². The third-order valence-electron chi connectivity index (χ3n) is 6.60. The number of aliphatic hydroxyl groups excluding tert-OH is 1. The summed E-state index contributed by atoms with van der Waals surface area (Å²) in [5.41, 5.74) is -2.41. The minimum atomic E-state index is -4.51. The van der Waals surface area contributed by atoms with E-state index in [0.717, 1.165) is 27.9 Å². The standard InChI is InChI=1S/C12H20F3NO4.C11H18F3NO4.C11H20F3NO3.B.Na.H/c1-7(12(13,14)15)6-8(9(17)19-5)16-10(18)20-11(2,3)4;1-6(11(12,13)14)5-7(8(16)17)15-9(18)19-10(2,3)4;1-7(11(12,13)14)5-8(6-16)15-9(17)18-10(2,3)4;;;/h7-8H,6H2,1-5H3,(H,16,18);6-7H,5H2,1-4H3,(H,15,18)(H,16,17);7-8,16H,5-6H2,1-4H3,(H,15,17);;;/q;;;;+1;-1/t7?,8-;6?,7-;7?,8-;;;/m000.../s1. The first-order valence-corrected chi connectivity index (χ1v) is 17.2. The van der Waals surface area contributed by atoms with Gasteiger partial charge in [-0.3, -0.25) is 0 Å². The van der Waals surface area contributed by atoms with E-state index < -0.39 is 121 Å². The topological polar surface area (TPSA) is 199 Å². The Kier molecular flexibility index (Phi) is 30.1. The molecule has 0 heterocycles. The fourth-order valence-corrected chi connectivity index (χ4v) is 3.67. The van der Waals surface area contributed by atoms with E-state index in [-0.39, 0.29) is 45.8 Å². The zero-order valence-electron chi connectivity index (χ0n) is 36.8. The predicted octanol–water partition coefficient (Wildman–Crippen LogP) is 4.39. The summed E-state index contributed by atoms with van der Waals surface area (Å²) in [6.07, 6.45) is -17.9. The van der Waals surface area contributed by atoms with Gasteiger partial charge in [0.1, 0.15) is 28.9 Å². The maximum Gasteiger partial charge on any atom is 1.00 e. The van der Waals surface area contributed by atoms with Gasteiger partial charge in [-0.1, -0.05) is 20.8 Å². The van der Waals surface area contributed by atoms with Crippen LogP contribution in [0.2, 0.25) is 0 Å². The Labute approximate surface area is 364 Å². The van der Waals surface area contributed by atoms with Crippen LogP contribution in [-0.2, 0) is 28.5 Å². The second kappa shape index (κ2) is 27.2. The third kappa shape index (κ3) is 35.6. The number of alkyl carbamates (subject to hydrolysis) is 3. The second-order valence-corrected chi connectivity index (χ2v) is 15.8. The Balaban J connectivity index is -0.000000178. The van der Waals surface area contributed by atoms with Crippen molar-refractivity contribution in [2.45, 2.75) is 156 Å². The van der Waals surface area contributed by atoms with Gasteiger partial charge in [0.25, 0.3) is 0 Å². The van der Waals surface area contributed by atoms with Crippen LogP contribution in [0.25, 0.3) is 0 Å². The fraction of sp³-hybridized carbons (Fsp3) is 0.853. The first-order valence-electron chi connectivity index (χ1n) is 17.2. The number of hydrogen-bond acceptors (Lipinski definition) is 10. The zero-order valence-corrected chi connectivity index (χ0v) is 37.8. The average Bonchev–Trinajstić information content (AvgIpc) is 2.95. The number of methoxy groups -OCH3 is 1. The summed E-state index contributed by atoms with van der Waals surface area (Å²) >= 11 is 0. The zero-order chi connectivity index (χ0) is 46.1. The Morgan fingerprint density at radius 2 is 0.831 bits per heavy atom. The number of aliphatic hydroxyl groups is 1. The number of carbonyl (C=O) groups is 5. The number of amides is 3. The minimum absolute atomic E-state index is 0. The number of carboxylic acids is 1. The van der Waals surface area contributed by atoms with Crippen LogP contribution in [0, 0.1) is 17.8 Å². The molecule has 25 heteroatoms. The molecule has 3 unspecified atom stereocenters. The normalized spacial score (nSPS) is 15.0. The number of nitrogens with one attached hydrogen (secondary N) is 3. The molecule has 0 aliphatic rings. The van der Waals surface area contributed by atoms with Crippen molar-refractivity contribution < 1.29 is 124 Å². The summed E-state index contributed by atoms with van der Waals surface area (Å²) in [6, 6.07) is -4.03. The molecule has 0 saturated heterocycles. The number of alkyl halides is 9. The number of ether oxygens (including phenoxy) is 4. The van der Waals surface area contributed by atoms with Gasteiger partial charge in [0.2, 0.25) is 0 Å². The molecule has 0 aliphatic heterocycles. The van der Waals surface area contributed by atoms with Crippen LogP contribution in [0.5, 0.6) is 0 Å². The van der Waals surface area contributed by atoms with Crippen molar-refractivity contribution in [1.29, 1.82) is 0 Å². The van der Waals surface area contributed by atoms with Gasteiger partial charge in [0.05, 0.1) is 37.5 Å². The van der Waals surface area contributed by atoms with Gasteiger partial charge in [-0.2, -0.15) is 39.5 Å². The molecule has 0 fully saturated rings. The quantitative estimate of drug-likeness (QED) is 0.0807. The summed E-state index contributed by atoms with van der Waals surface area (Å²) < 4.78 is 130. The van der Waals surface area contributed by atoms with E-state index in [1.807, 2.05) is 5.32 Å². The van der Waals surface area contributed by atoms with Gasteiger partial charge in [-0.15, -0.1) is 0 Å². The maximum atomic E-state index is 12.5. The van der Waals surface area contributed by atoms with Gasteiger partial charge in [0, 0.05) is 8.41 Å². The van der Waals surface area contributed by atoms with Crippen LogP contribution < -0.4 is 45.5 Å². The van der Waals surface area contributed by atoms with Crippen molar-refractivity contribution in [2.24, 2.45) is 17.8 Å². The van der Waals surface area contributed by atoms with E-state index in [4.69, 9.17) is 24.4 Å². The summed E-state index contributed by atoms with van der Waals surface area (Å²) in [5.74, 6) is -7.71. The minimum Gasteiger partial charge on any atom is -1.00 e. The first-order chi connectivity index (χ1) is 25.1. The number of aliphatic carboxylic acids is 1. The Hall–Kier alpha value is -2.86. The van der Waals surface area contributed by atoms with E-state index in [2.05, 4.69) is 15.4 Å². The largest absolute Gasteiger partial charge is 1.00 e. The van der Waals surface area contributed by atoms with Crippen molar-refractivity contribution >= 4 is 38.6 Å². The molecule has 0 spiro atoms. The molecule has 0 bridgehead atoms. The molecule has 3 radical (unpaired) electrons. The van der Waals surface area contributed by atoms with Crippen LogP contribution in [0.15, 0.2) is 0 Å². The maximum absolute atomic E-state index is 12.5. The number of carbonyl (C=O) groups excluding carboxylic acids is 4. The third-order valence-corrected chi connectivity index (χ3v) is 6.60. The SMILES string of the molecule is CC(C[C@@H](CO)NC(=O)OC(C)(C)C)C(F)(F)F.CC(C[C@H](NC(=O)OC(C)(C)C)C(=O)O)C(F)(F)F.COC(=O)[C@H](CC(C)C(F)(F)F)NC(=O)OC(C)(C)C.[B].[H-].[Na+]. The molecule has 5 N–H and O–H groups in total. The Morgan fingerprint density at radius 3 is 1.08 bits per heavy atom. The predicted molar refractivity (Wildman–Crippen MR) is 193 cm³/mol. The number of halogens is 9. The smallest absolute Gasteiger partial charge is 1.00 e. The van der Waals surface area contributed by atoms with Gasteiger partial charge < -0.3 is 46.5 Å². The molecule has 0 saturated carbocycles. The molecule has 0 rings (SSSR count). The molecule has 6 atom stereocenters. The van der Waals surface area contributed by atoms with E-state index in [1.54, 1.807) is 62.3 Å². The van der Waals surface area contributed by atoms with E-state index >= 15 is 0 Å². The van der Waals surface area contributed by atoms with Gasteiger partial charge in [0.15, 0.2) is 0 Å². The summed E-state index contributed by atoms with van der Waals surface area (Å²) in [6.45, 7) is 16.6. The summed E-state index contributed by atoms with van der Waals surface area (Å²) in [5, 5.41) is 24.0. The Bertz CT molecular complexity index is 1280. The number of esters is 1. The monoisotopic (exact) mass is 890 g/mol. The fourth-order valence-electron chi connectivity index (χ4n) is 3.67. The molecule has 343 valence electrons. The van der Waals surface area contributed by atoms with Gasteiger partial charge in [-0.25, -0.2) is 24.0 Å². The van der Waals surface area contributed by atoms with Crippen LogP contribution in [0.3, 0.4) is 0 Å².